The maximum Gasteiger partial charge on any atom is 0.261 e. The van der Waals surface area contributed by atoms with E-state index in [0.29, 0.717) is 5.56 Å². The Morgan fingerprint density at radius 1 is 1.42 bits per heavy atom. The van der Waals surface area contributed by atoms with E-state index in [1.54, 1.807) is 5.38 Å². The van der Waals surface area contributed by atoms with Gasteiger partial charge in [-0.05, 0) is 22.0 Å². The van der Waals surface area contributed by atoms with Crippen LogP contribution in [-0.4, -0.2) is 25.4 Å². The first-order valence-electron chi connectivity index (χ1n) is 5.64. The number of benzene rings is 1. The third kappa shape index (κ3) is 3.58. The molecule has 0 saturated carbocycles. The molecule has 1 aromatic heterocycles. The molecule has 0 fully saturated rings. The van der Waals surface area contributed by atoms with E-state index in [9.17, 15) is 13.6 Å². The molecule has 1 heterocycles. The van der Waals surface area contributed by atoms with Gasteiger partial charge in [-0.25, -0.2) is 8.78 Å². The fraction of sp³-hybridized carbons (Fsp3) is 0.308. The van der Waals surface area contributed by atoms with Crippen LogP contribution >= 0.6 is 27.3 Å². The van der Waals surface area contributed by atoms with Crippen molar-refractivity contribution in [1.82, 2.24) is 0 Å². The zero-order valence-corrected chi connectivity index (χ0v) is 12.3. The first kappa shape index (κ1) is 14.6. The van der Waals surface area contributed by atoms with E-state index < -0.39 is 13.0 Å². The summed E-state index contributed by atoms with van der Waals surface area (Å²) in [5, 5.41) is 2.68. The van der Waals surface area contributed by atoms with Crippen LogP contribution in [0.2, 0.25) is 0 Å². The van der Waals surface area contributed by atoms with Crippen molar-refractivity contribution in [2.45, 2.75) is 12.8 Å². The minimum absolute atomic E-state index is 0.0223. The normalized spacial score (nSPS) is 11.4. The summed E-state index contributed by atoms with van der Waals surface area (Å²) < 4.78 is 30.4. The number of ketones is 1. The van der Waals surface area contributed by atoms with Gasteiger partial charge in [-0.2, -0.15) is 0 Å². The third-order valence-electron chi connectivity index (χ3n) is 2.57. The minimum atomic E-state index is -2.49. The molecule has 0 bridgehead atoms. The summed E-state index contributed by atoms with van der Waals surface area (Å²) in [6.07, 6.45) is -2.38. The molecule has 0 N–H and O–H groups in total. The summed E-state index contributed by atoms with van der Waals surface area (Å²) in [6, 6.07) is 5.66. The molecule has 1 aromatic carbocycles. The summed E-state index contributed by atoms with van der Waals surface area (Å²) in [6.45, 7) is -0.599. The molecule has 0 unspecified atom stereocenters. The Kier molecular flexibility index (Phi) is 5.01. The number of fused-ring (bicyclic) bond motifs is 1. The van der Waals surface area contributed by atoms with E-state index in [-0.39, 0.29) is 18.8 Å². The van der Waals surface area contributed by atoms with Crippen molar-refractivity contribution in [3.8, 4) is 0 Å². The van der Waals surface area contributed by atoms with Gasteiger partial charge in [-0.1, -0.05) is 12.1 Å². The summed E-state index contributed by atoms with van der Waals surface area (Å²) in [5.41, 5.74) is 0.627. The summed E-state index contributed by atoms with van der Waals surface area (Å²) in [4.78, 5) is 12.0. The van der Waals surface area contributed by atoms with Crippen LogP contribution in [0.5, 0.6) is 0 Å². The Morgan fingerprint density at radius 2 is 2.21 bits per heavy atom. The number of halogens is 3. The lowest BCUT2D eigenvalue weighted by atomic mass is 10.1. The zero-order valence-electron chi connectivity index (χ0n) is 9.87. The molecule has 0 aliphatic carbocycles. The van der Waals surface area contributed by atoms with Gasteiger partial charge in [0.15, 0.2) is 5.78 Å². The lowest BCUT2D eigenvalue weighted by molar-refractivity contribution is 0.0170. The van der Waals surface area contributed by atoms with Gasteiger partial charge in [0.05, 0.1) is 6.61 Å². The molecule has 102 valence electrons. The molecule has 2 nitrogen and oxygen atoms in total. The lowest BCUT2D eigenvalue weighted by Crippen LogP contribution is -2.09. The summed E-state index contributed by atoms with van der Waals surface area (Å²) in [7, 11) is 0. The highest BCUT2D eigenvalue weighted by Crippen LogP contribution is 2.32. The number of thiophene rings is 1. The highest BCUT2D eigenvalue weighted by molar-refractivity contribution is 9.10. The molecule has 0 aliphatic rings. The van der Waals surface area contributed by atoms with Gasteiger partial charge in [0, 0.05) is 31.9 Å². The van der Waals surface area contributed by atoms with E-state index in [0.717, 1.165) is 14.6 Å². The smallest absolute Gasteiger partial charge is 0.261 e. The first-order chi connectivity index (χ1) is 9.09. The van der Waals surface area contributed by atoms with Gasteiger partial charge < -0.3 is 4.74 Å². The number of alkyl halides is 2. The molecular weight excluding hydrogens is 338 g/mol. The minimum Gasteiger partial charge on any atom is -0.375 e. The van der Waals surface area contributed by atoms with Gasteiger partial charge in [0.2, 0.25) is 0 Å². The summed E-state index contributed by atoms with van der Waals surface area (Å²) >= 11 is 4.91. The fourth-order valence-corrected chi connectivity index (χ4v) is 3.34. The molecular formula is C13H11BrF2O2S. The van der Waals surface area contributed by atoms with Crippen LogP contribution in [0.1, 0.15) is 16.8 Å². The highest BCUT2D eigenvalue weighted by atomic mass is 79.9. The number of ether oxygens (including phenoxy) is 1. The fourth-order valence-electron chi connectivity index (χ4n) is 1.71. The SMILES string of the molecule is O=C(CCOCC(F)F)c1csc2c(Br)cccc12. The number of hydrogen-bond donors (Lipinski definition) is 0. The maximum atomic E-state index is 12.0. The topological polar surface area (TPSA) is 26.3 Å². The zero-order chi connectivity index (χ0) is 13.8. The van der Waals surface area contributed by atoms with Gasteiger partial charge in [-0.15, -0.1) is 11.3 Å². The standard InChI is InChI=1S/C13H11BrF2O2S/c14-10-3-1-2-8-9(7-19-13(8)10)11(17)4-5-18-6-12(15)16/h1-3,7,12H,4-6H2. The molecule has 0 aliphatic heterocycles. The van der Waals surface area contributed by atoms with Gasteiger partial charge in [0.1, 0.15) is 6.61 Å². The monoisotopic (exact) mass is 348 g/mol. The van der Waals surface area contributed by atoms with Crippen LogP contribution in [-0.2, 0) is 4.74 Å². The van der Waals surface area contributed by atoms with Crippen molar-refractivity contribution in [1.29, 1.82) is 0 Å². The molecule has 19 heavy (non-hydrogen) atoms. The Hall–Kier alpha value is -0.850. The summed E-state index contributed by atoms with van der Waals surface area (Å²) in [5.74, 6) is -0.0846. The van der Waals surface area contributed by atoms with Crippen LogP contribution in [0, 0.1) is 0 Å². The molecule has 0 atom stereocenters. The van der Waals surface area contributed by atoms with Crippen LogP contribution < -0.4 is 0 Å². The van der Waals surface area contributed by atoms with E-state index in [1.165, 1.54) is 11.3 Å². The van der Waals surface area contributed by atoms with Gasteiger partial charge in [-0.3, -0.25) is 4.79 Å². The second-order valence-electron chi connectivity index (χ2n) is 3.91. The van der Waals surface area contributed by atoms with Crippen molar-refractivity contribution in [3.63, 3.8) is 0 Å². The lowest BCUT2D eigenvalue weighted by Gasteiger charge is -2.02. The van der Waals surface area contributed by atoms with Crippen molar-refractivity contribution in [2.75, 3.05) is 13.2 Å². The van der Waals surface area contributed by atoms with Crippen molar-refractivity contribution >= 4 is 43.1 Å². The van der Waals surface area contributed by atoms with Crippen molar-refractivity contribution in [2.24, 2.45) is 0 Å². The van der Waals surface area contributed by atoms with Crippen LogP contribution in [0.4, 0.5) is 8.78 Å². The largest absolute Gasteiger partial charge is 0.375 e. The average molecular weight is 349 g/mol. The quantitative estimate of drug-likeness (QED) is 0.566. The molecule has 0 saturated heterocycles. The number of carbonyl (C=O) groups excluding carboxylic acids is 1. The van der Waals surface area contributed by atoms with Crippen molar-refractivity contribution < 1.29 is 18.3 Å². The second-order valence-corrected chi connectivity index (χ2v) is 5.64. The first-order valence-corrected chi connectivity index (χ1v) is 7.31. The highest BCUT2D eigenvalue weighted by Gasteiger charge is 2.13. The molecule has 0 amide bonds. The predicted octanol–water partition coefficient (Wildman–Crippen LogP) is 4.52. The van der Waals surface area contributed by atoms with E-state index >= 15 is 0 Å². The number of carbonyl (C=O) groups is 1. The molecule has 2 rings (SSSR count). The third-order valence-corrected chi connectivity index (χ3v) is 4.52. The molecule has 2 aromatic rings. The predicted molar refractivity (Wildman–Crippen MR) is 75.3 cm³/mol. The van der Waals surface area contributed by atoms with Crippen LogP contribution in [0.3, 0.4) is 0 Å². The van der Waals surface area contributed by atoms with Crippen molar-refractivity contribution in [3.05, 3.63) is 33.6 Å². The maximum absolute atomic E-state index is 12.0. The van der Waals surface area contributed by atoms with Gasteiger partial charge >= 0.3 is 0 Å². The Balaban J connectivity index is 2.04. The molecule has 0 radical (unpaired) electrons. The number of rotatable bonds is 6. The van der Waals surface area contributed by atoms with Gasteiger partial charge in [0.25, 0.3) is 6.43 Å². The molecule has 0 spiro atoms. The Bertz CT molecular complexity index is 583. The Labute approximate surface area is 121 Å². The molecule has 6 heteroatoms. The van der Waals surface area contributed by atoms with E-state index in [2.05, 4.69) is 15.9 Å². The van der Waals surface area contributed by atoms with E-state index in [1.807, 2.05) is 18.2 Å². The Morgan fingerprint density at radius 3 is 2.95 bits per heavy atom. The number of Topliss-reactive ketones (excluding diaryl/α,β-unsaturated/α-hetero) is 1. The average Bonchev–Trinajstić information content (AvgIpc) is 2.79. The van der Waals surface area contributed by atoms with E-state index in [4.69, 9.17) is 4.74 Å². The van der Waals surface area contributed by atoms with Crippen LogP contribution in [0.25, 0.3) is 10.1 Å². The van der Waals surface area contributed by atoms with Crippen LogP contribution in [0.15, 0.2) is 28.1 Å². The number of hydrogen-bond acceptors (Lipinski definition) is 3. The second kappa shape index (κ2) is 6.54.